The lowest BCUT2D eigenvalue weighted by atomic mass is 10.2. The molecule has 1 aromatic heterocycles. The summed E-state index contributed by atoms with van der Waals surface area (Å²) in [7, 11) is 0. The van der Waals surface area contributed by atoms with Crippen molar-refractivity contribution in [2.24, 2.45) is 0 Å². The van der Waals surface area contributed by atoms with Gasteiger partial charge in [-0.15, -0.1) is 0 Å². The van der Waals surface area contributed by atoms with Gasteiger partial charge in [-0.1, -0.05) is 23.7 Å². The van der Waals surface area contributed by atoms with E-state index in [9.17, 15) is 20.0 Å². The molecular formula is C15H10ClN3O4. The molecule has 3 N–H and O–H groups in total. The monoisotopic (exact) mass is 331 g/mol. The lowest BCUT2D eigenvalue weighted by molar-refractivity contribution is -0.384. The van der Waals surface area contributed by atoms with E-state index < -0.39 is 10.8 Å². The van der Waals surface area contributed by atoms with Crippen LogP contribution in [0.15, 0.2) is 42.5 Å². The number of aromatic amines is 1. The Hall–Kier alpha value is -3.06. The molecule has 1 heterocycles. The van der Waals surface area contributed by atoms with Crippen LogP contribution in [0.5, 0.6) is 5.75 Å². The van der Waals surface area contributed by atoms with E-state index in [0.29, 0.717) is 10.5 Å². The Morgan fingerprint density at radius 2 is 2.04 bits per heavy atom. The van der Waals surface area contributed by atoms with Crippen molar-refractivity contribution < 1.29 is 14.8 Å². The van der Waals surface area contributed by atoms with Crippen LogP contribution in [0.3, 0.4) is 0 Å². The zero-order chi connectivity index (χ0) is 16.6. The number of carbonyl (C=O) groups excluding carboxylic acids is 1. The molecule has 0 bridgehead atoms. The standard InChI is InChI=1S/C15H10ClN3O4/c16-10-3-1-2-8-6-12(17-14(8)10)15(21)18-11-5-4-9(19(22)23)7-13(11)20/h1-7,17,20H,(H,18,21). The molecule has 0 spiro atoms. The zero-order valence-corrected chi connectivity index (χ0v) is 12.3. The number of nitrogens with one attached hydrogen (secondary N) is 2. The van der Waals surface area contributed by atoms with Crippen molar-refractivity contribution in [1.82, 2.24) is 4.98 Å². The number of hydrogen-bond donors (Lipinski definition) is 3. The lowest BCUT2D eigenvalue weighted by Gasteiger charge is -2.05. The van der Waals surface area contributed by atoms with Gasteiger partial charge in [-0.05, 0) is 18.2 Å². The number of rotatable bonds is 3. The predicted molar refractivity (Wildman–Crippen MR) is 86.0 cm³/mol. The van der Waals surface area contributed by atoms with Gasteiger partial charge in [-0.25, -0.2) is 0 Å². The number of aromatic hydroxyl groups is 1. The number of non-ortho nitro benzene ring substituents is 1. The average molecular weight is 332 g/mol. The summed E-state index contributed by atoms with van der Waals surface area (Å²) < 4.78 is 0. The first-order chi connectivity index (χ1) is 11.0. The fourth-order valence-corrected chi connectivity index (χ4v) is 2.40. The second-order valence-corrected chi connectivity index (χ2v) is 5.21. The number of benzene rings is 2. The summed E-state index contributed by atoms with van der Waals surface area (Å²) in [4.78, 5) is 25.1. The Labute approximate surface area is 134 Å². The summed E-state index contributed by atoms with van der Waals surface area (Å²) in [5, 5.41) is 24.1. The Bertz CT molecular complexity index is 936. The van der Waals surface area contributed by atoms with Gasteiger partial charge in [0.2, 0.25) is 0 Å². The Morgan fingerprint density at radius 1 is 1.26 bits per heavy atom. The topological polar surface area (TPSA) is 108 Å². The number of nitro benzene ring substituents is 1. The number of H-pyrrole nitrogens is 1. The maximum atomic E-state index is 12.2. The van der Waals surface area contributed by atoms with Gasteiger partial charge >= 0.3 is 0 Å². The fraction of sp³-hybridized carbons (Fsp3) is 0. The van der Waals surface area contributed by atoms with Crippen LogP contribution in [-0.4, -0.2) is 20.9 Å². The molecule has 8 heteroatoms. The molecule has 0 aliphatic heterocycles. The molecule has 1 amide bonds. The second kappa shape index (κ2) is 5.62. The summed E-state index contributed by atoms with van der Waals surface area (Å²) in [6, 6.07) is 10.3. The van der Waals surface area contributed by atoms with E-state index in [1.54, 1.807) is 24.3 Å². The third kappa shape index (κ3) is 2.82. The quantitative estimate of drug-likeness (QED) is 0.386. The molecule has 0 aliphatic rings. The van der Waals surface area contributed by atoms with Crippen LogP contribution in [0.25, 0.3) is 10.9 Å². The van der Waals surface area contributed by atoms with Crippen molar-refractivity contribution in [3.63, 3.8) is 0 Å². The molecule has 0 aliphatic carbocycles. The number of nitro groups is 1. The van der Waals surface area contributed by atoms with Gasteiger partial charge < -0.3 is 15.4 Å². The number of nitrogens with zero attached hydrogens (tertiary/aromatic N) is 1. The molecule has 2 aromatic carbocycles. The van der Waals surface area contributed by atoms with Crippen molar-refractivity contribution in [2.75, 3.05) is 5.32 Å². The molecule has 0 saturated carbocycles. The largest absolute Gasteiger partial charge is 0.506 e. The van der Waals surface area contributed by atoms with E-state index in [-0.39, 0.29) is 22.8 Å². The summed E-state index contributed by atoms with van der Waals surface area (Å²) in [6.45, 7) is 0. The number of phenols is 1. The summed E-state index contributed by atoms with van der Waals surface area (Å²) in [5.74, 6) is -0.886. The van der Waals surface area contributed by atoms with Crippen LogP contribution in [0.1, 0.15) is 10.5 Å². The smallest absolute Gasteiger partial charge is 0.273 e. The highest BCUT2D eigenvalue weighted by Crippen LogP contribution is 2.29. The first-order valence-electron chi connectivity index (χ1n) is 6.51. The highest BCUT2D eigenvalue weighted by atomic mass is 35.5. The van der Waals surface area contributed by atoms with E-state index in [2.05, 4.69) is 10.3 Å². The second-order valence-electron chi connectivity index (χ2n) is 4.80. The van der Waals surface area contributed by atoms with Gasteiger partial charge in [0.1, 0.15) is 11.4 Å². The number of phenolic OH excluding ortho intramolecular Hbond substituents is 1. The molecule has 0 radical (unpaired) electrons. The SMILES string of the molecule is O=C(Nc1ccc([N+](=O)[O-])cc1O)c1cc2cccc(Cl)c2[nH]1. The van der Waals surface area contributed by atoms with Crippen molar-refractivity contribution >= 4 is 39.8 Å². The third-order valence-electron chi connectivity index (χ3n) is 3.29. The maximum absolute atomic E-state index is 12.2. The van der Waals surface area contributed by atoms with Crippen LogP contribution < -0.4 is 5.32 Å². The van der Waals surface area contributed by atoms with Crippen molar-refractivity contribution in [3.8, 4) is 5.75 Å². The third-order valence-corrected chi connectivity index (χ3v) is 3.61. The van der Waals surface area contributed by atoms with Crippen LogP contribution in [-0.2, 0) is 0 Å². The molecule has 3 aromatic rings. The van der Waals surface area contributed by atoms with Crippen molar-refractivity contribution in [3.05, 3.63) is 63.3 Å². The number of anilines is 1. The number of amides is 1. The van der Waals surface area contributed by atoms with E-state index in [1.165, 1.54) is 12.1 Å². The predicted octanol–water partition coefficient (Wildman–Crippen LogP) is 3.69. The highest BCUT2D eigenvalue weighted by molar-refractivity contribution is 6.35. The molecule has 116 valence electrons. The van der Waals surface area contributed by atoms with Crippen LogP contribution in [0.4, 0.5) is 11.4 Å². The van der Waals surface area contributed by atoms with E-state index in [1.807, 2.05) is 0 Å². The zero-order valence-electron chi connectivity index (χ0n) is 11.5. The van der Waals surface area contributed by atoms with Crippen molar-refractivity contribution in [1.29, 1.82) is 0 Å². The lowest BCUT2D eigenvalue weighted by Crippen LogP contribution is -2.12. The Morgan fingerprint density at radius 3 is 2.70 bits per heavy atom. The maximum Gasteiger partial charge on any atom is 0.273 e. The number of fused-ring (bicyclic) bond motifs is 1. The summed E-state index contributed by atoms with van der Waals surface area (Å²) in [6.07, 6.45) is 0. The minimum Gasteiger partial charge on any atom is -0.506 e. The minimum atomic E-state index is -0.634. The van der Waals surface area contributed by atoms with Gasteiger partial charge in [0, 0.05) is 11.5 Å². The number of para-hydroxylation sites is 1. The van der Waals surface area contributed by atoms with Gasteiger partial charge in [0.15, 0.2) is 0 Å². The summed E-state index contributed by atoms with van der Waals surface area (Å²) in [5.41, 5.74) is 0.696. The Kier molecular flexibility index (Phi) is 3.63. The molecule has 0 fully saturated rings. The molecule has 0 unspecified atom stereocenters. The first kappa shape index (κ1) is 14.9. The number of aromatic nitrogens is 1. The normalized spacial score (nSPS) is 10.7. The van der Waals surface area contributed by atoms with E-state index in [0.717, 1.165) is 11.5 Å². The number of hydrogen-bond acceptors (Lipinski definition) is 4. The van der Waals surface area contributed by atoms with Gasteiger partial charge in [0.05, 0.1) is 27.2 Å². The van der Waals surface area contributed by atoms with Crippen LogP contribution >= 0.6 is 11.6 Å². The molecule has 7 nitrogen and oxygen atoms in total. The highest BCUT2D eigenvalue weighted by Gasteiger charge is 2.15. The number of carbonyl (C=O) groups is 1. The van der Waals surface area contributed by atoms with Crippen molar-refractivity contribution in [2.45, 2.75) is 0 Å². The fourth-order valence-electron chi connectivity index (χ4n) is 2.17. The van der Waals surface area contributed by atoms with Gasteiger partial charge in [0.25, 0.3) is 11.6 Å². The van der Waals surface area contributed by atoms with E-state index in [4.69, 9.17) is 11.6 Å². The minimum absolute atomic E-state index is 0.0744. The average Bonchev–Trinajstić information content (AvgIpc) is 2.95. The molecule has 23 heavy (non-hydrogen) atoms. The van der Waals surface area contributed by atoms with Crippen LogP contribution in [0, 0.1) is 10.1 Å². The summed E-state index contributed by atoms with van der Waals surface area (Å²) >= 11 is 6.04. The molecule has 0 atom stereocenters. The van der Waals surface area contributed by atoms with E-state index >= 15 is 0 Å². The molecule has 0 saturated heterocycles. The molecular weight excluding hydrogens is 322 g/mol. The first-order valence-corrected chi connectivity index (χ1v) is 6.89. The molecule has 3 rings (SSSR count). The van der Waals surface area contributed by atoms with Gasteiger partial charge in [-0.2, -0.15) is 0 Å². The number of halogens is 1. The van der Waals surface area contributed by atoms with Crippen LogP contribution in [0.2, 0.25) is 5.02 Å². The Balaban J connectivity index is 1.88. The van der Waals surface area contributed by atoms with Gasteiger partial charge in [-0.3, -0.25) is 14.9 Å².